The summed E-state index contributed by atoms with van der Waals surface area (Å²) >= 11 is 0.211. The Balaban J connectivity index is 1.60. The van der Waals surface area contributed by atoms with Gasteiger partial charge in [0.2, 0.25) is 16.7 Å². The third-order valence-electron chi connectivity index (χ3n) is 12.9. The molecular weight excluding hydrogens is 933 g/mol. The van der Waals surface area contributed by atoms with Crippen molar-refractivity contribution in [3.8, 4) is 0 Å². The first kappa shape index (κ1) is 61.2. The zero-order valence-corrected chi connectivity index (χ0v) is 40.8. The van der Waals surface area contributed by atoms with Crippen molar-refractivity contribution in [3.05, 3.63) is 12.7 Å². The van der Waals surface area contributed by atoms with Crippen LogP contribution in [0.3, 0.4) is 0 Å². The summed E-state index contributed by atoms with van der Waals surface area (Å²) in [5.74, 6) is -2.89. The number of rotatable bonds is 33. The molecule has 0 saturated carbocycles. The molecule has 3 saturated heterocycles. The highest BCUT2D eigenvalue weighted by Gasteiger charge is 2.59. The number of unbranched alkanes of at least 4 members (excludes halogenated alkanes) is 14. The molecule has 402 valence electrons. The average Bonchev–Trinajstić information content (AvgIpc) is 3.32. The predicted molar refractivity (Wildman–Crippen MR) is 248 cm³/mol. The maximum atomic E-state index is 13.0. The van der Waals surface area contributed by atoms with Gasteiger partial charge in [0, 0.05) is 19.8 Å². The quantitative estimate of drug-likeness (QED) is 0.0271. The zero-order valence-electron chi connectivity index (χ0n) is 40.0. The van der Waals surface area contributed by atoms with Crippen LogP contribution in [-0.4, -0.2) is 214 Å². The number of hydrogen-bond donors (Lipinski definition) is 14. The highest BCUT2D eigenvalue weighted by molar-refractivity contribution is 8.01. The number of aliphatic carboxylic acids is 1. The van der Waals surface area contributed by atoms with E-state index in [1.165, 1.54) is 70.3 Å². The molecule has 0 aromatic rings. The Morgan fingerprint density at radius 2 is 1.33 bits per heavy atom. The summed E-state index contributed by atoms with van der Waals surface area (Å²) in [5.41, 5.74) is 0. The van der Waals surface area contributed by atoms with Gasteiger partial charge in [0.05, 0.1) is 62.1 Å². The minimum absolute atomic E-state index is 0.192. The Morgan fingerprint density at radius 1 is 0.783 bits per heavy atom. The number of carbonyl (C=O) groups excluding carboxylic acids is 2. The molecule has 0 aromatic carbocycles. The first-order valence-corrected chi connectivity index (χ1v) is 25.4. The second-order valence-corrected chi connectivity index (χ2v) is 19.8. The van der Waals surface area contributed by atoms with Crippen LogP contribution in [0.1, 0.15) is 123 Å². The fourth-order valence-corrected chi connectivity index (χ4v) is 10.4. The van der Waals surface area contributed by atoms with Crippen LogP contribution >= 0.6 is 11.8 Å². The predicted octanol–water partition coefficient (Wildman–Crippen LogP) is -1.19. The van der Waals surface area contributed by atoms with Crippen LogP contribution in [-0.2, 0) is 38.1 Å². The summed E-state index contributed by atoms with van der Waals surface area (Å²) in [6.07, 6.45) is -7.16. The normalized spacial score (nSPS) is 33.5. The molecule has 0 aliphatic carbocycles. The minimum atomic E-state index is -2.66. The molecule has 0 aromatic heterocycles. The van der Waals surface area contributed by atoms with Crippen molar-refractivity contribution in [3.63, 3.8) is 0 Å². The molecule has 22 nitrogen and oxygen atoms in total. The molecule has 0 radical (unpaired) electrons. The lowest BCUT2D eigenvalue weighted by molar-refractivity contribution is -0.349. The summed E-state index contributed by atoms with van der Waals surface area (Å²) in [4.78, 5) is 35.2. The number of hydrogen-bond acceptors (Lipinski definition) is 20. The summed E-state index contributed by atoms with van der Waals surface area (Å²) in [5, 5.41) is 132. The Kier molecular flexibility index (Phi) is 27.9. The summed E-state index contributed by atoms with van der Waals surface area (Å²) < 4.78 is 28.7. The molecule has 18 atom stereocenters. The van der Waals surface area contributed by atoms with E-state index in [4.69, 9.17) is 23.7 Å². The Bertz CT molecular complexity index is 1510. The topological polar surface area (TPSA) is 364 Å². The number of aliphatic hydroxyl groups is 11. The van der Waals surface area contributed by atoms with Gasteiger partial charge in [-0.2, -0.15) is 0 Å². The number of aliphatic hydroxyl groups excluding tert-OH is 11. The lowest BCUT2D eigenvalue weighted by Crippen LogP contribution is -2.68. The van der Waals surface area contributed by atoms with Crippen molar-refractivity contribution in [2.45, 2.75) is 231 Å². The molecular formula is C46H82N2O20S. The van der Waals surface area contributed by atoms with Gasteiger partial charge in [-0.15, -0.1) is 18.3 Å². The third kappa shape index (κ3) is 18.4. The van der Waals surface area contributed by atoms with Gasteiger partial charge in [0.1, 0.15) is 54.9 Å². The van der Waals surface area contributed by atoms with E-state index in [0.29, 0.717) is 6.42 Å². The van der Waals surface area contributed by atoms with Gasteiger partial charge >= 0.3 is 5.97 Å². The number of nitrogens with one attached hydrogen (secondary N) is 2. The number of carboxylic acid groups (broad SMARTS) is 1. The van der Waals surface area contributed by atoms with Gasteiger partial charge in [-0.05, 0) is 6.42 Å². The molecule has 3 aliphatic heterocycles. The van der Waals surface area contributed by atoms with Crippen molar-refractivity contribution < 1.29 is 99.3 Å². The first-order chi connectivity index (χ1) is 32.9. The van der Waals surface area contributed by atoms with E-state index >= 15 is 0 Å². The zero-order chi connectivity index (χ0) is 51.3. The number of amides is 2. The van der Waals surface area contributed by atoms with Crippen LogP contribution in [0.15, 0.2) is 12.7 Å². The minimum Gasteiger partial charge on any atom is -0.478 e. The van der Waals surface area contributed by atoms with Crippen LogP contribution in [0.2, 0.25) is 0 Å². The van der Waals surface area contributed by atoms with Crippen molar-refractivity contribution in [2.75, 3.05) is 26.4 Å². The van der Waals surface area contributed by atoms with Gasteiger partial charge in [-0.25, -0.2) is 4.79 Å². The van der Waals surface area contributed by atoms with Crippen LogP contribution in [0.25, 0.3) is 0 Å². The number of thioether (sulfide) groups is 1. The lowest BCUT2D eigenvalue weighted by Gasteiger charge is -2.50. The van der Waals surface area contributed by atoms with Crippen LogP contribution in [0.4, 0.5) is 0 Å². The third-order valence-corrected chi connectivity index (χ3v) is 14.5. The van der Waals surface area contributed by atoms with E-state index in [1.54, 1.807) is 0 Å². The molecule has 23 heteroatoms. The lowest BCUT2D eigenvalue weighted by atomic mass is 9.89. The van der Waals surface area contributed by atoms with Gasteiger partial charge < -0.3 is 95.6 Å². The highest BCUT2D eigenvalue weighted by Crippen LogP contribution is 2.46. The molecule has 2 amide bonds. The smallest absolute Gasteiger partial charge is 0.346 e. The number of carboxylic acids is 1. The summed E-state index contributed by atoms with van der Waals surface area (Å²) in [6.45, 7) is 3.56. The van der Waals surface area contributed by atoms with Crippen LogP contribution < -0.4 is 10.6 Å². The van der Waals surface area contributed by atoms with Crippen LogP contribution in [0, 0.1) is 0 Å². The van der Waals surface area contributed by atoms with Crippen LogP contribution in [0.5, 0.6) is 0 Å². The van der Waals surface area contributed by atoms with Crippen molar-refractivity contribution in [1.29, 1.82) is 0 Å². The second-order valence-electron chi connectivity index (χ2n) is 18.4. The Labute approximate surface area is 408 Å². The Morgan fingerprint density at radius 3 is 1.84 bits per heavy atom. The molecule has 0 unspecified atom stereocenters. The molecule has 0 spiro atoms. The molecule has 69 heavy (non-hydrogen) atoms. The molecule has 3 heterocycles. The molecule has 3 fully saturated rings. The Hall–Kier alpha value is -2.14. The number of carbonyl (C=O) groups is 3. The van der Waals surface area contributed by atoms with E-state index < -0.39 is 153 Å². The molecule has 3 rings (SSSR count). The molecule has 3 aliphatic rings. The largest absolute Gasteiger partial charge is 0.478 e. The SMILES string of the molecule is C=C[C@@H](O)[C@H](CO[C@@H]1O[C@H](CO)[C@@H](O[C@@H]2O[C@H](CO)[C@H](O)[C@H](S[C@]3(C(=O)O)C[C@H](O)[C@@H](NC(C)=O)[C@H]([C@H](O)[C@H](O)CO)O3)[C@H]2O)[C@H](O)[C@H]1O)NC(=O)CCCCCCCCCCCCCCCCC. The fourth-order valence-electron chi connectivity index (χ4n) is 8.81. The fraction of sp³-hybridized carbons (Fsp3) is 0.891. The van der Waals surface area contributed by atoms with Crippen molar-refractivity contribution in [2.24, 2.45) is 0 Å². The monoisotopic (exact) mass is 1010 g/mol. The maximum Gasteiger partial charge on any atom is 0.346 e. The van der Waals surface area contributed by atoms with Gasteiger partial charge in [0.25, 0.3) is 0 Å². The van der Waals surface area contributed by atoms with E-state index in [0.717, 1.165) is 32.6 Å². The highest BCUT2D eigenvalue weighted by atomic mass is 32.2. The standard InChI is InChI=1S/C46H82N2O20S/c1-4-6-7-8-9-10-11-12-13-14-15-16-17-18-19-20-33(56)48-27(28(53)5-2)25-64-43-38(60)37(59)40(32(24-51)66-43)67-44-39(61)42(36(58)31(23-50)65-44)69-46(45(62)63)21-29(54)34(47-26(3)52)41(68-46)35(57)30(55)22-49/h5,27-32,34-44,49-51,53-55,57-61H,2,4,6-25H2,1,3H3,(H,47,52)(H,48,56)(H,62,63)/t27-,28+,29-,30+,31+,32+,34+,35+,36-,37+,38+,39+,40+,41+,42-,43+,44-,46-/m0/s1. The van der Waals surface area contributed by atoms with Gasteiger partial charge in [-0.1, -0.05) is 103 Å². The van der Waals surface area contributed by atoms with Gasteiger partial charge in [-0.3, -0.25) is 9.59 Å². The molecule has 14 N–H and O–H groups in total. The van der Waals surface area contributed by atoms with E-state index in [-0.39, 0.29) is 24.1 Å². The molecule has 0 bridgehead atoms. The van der Waals surface area contributed by atoms with E-state index in [2.05, 4.69) is 24.1 Å². The summed E-state index contributed by atoms with van der Waals surface area (Å²) in [7, 11) is 0. The van der Waals surface area contributed by atoms with E-state index in [9.17, 15) is 75.7 Å². The number of ether oxygens (including phenoxy) is 5. The summed E-state index contributed by atoms with van der Waals surface area (Å²) in [6, 6.07) is -2.56. The van der Waals surface area contributed by atoms with Gasteiger partial charge in [0.15, 0.2) is 12.6 Å². The van der Waals surface area contributed by atoms with Crippen molar-refractivity contribution >= 4 is 29.5 Å². The van der Waals surface area contributed by atoms with E-state index in [1.807, 2.05) is 0 Å². The van der Waals surface area contributed by atoms with Crippen molar-refractivity contribution in [1.82, 2.24) is 10.6 Å². The maximum absolute atomic E-state index is 13.0. The average molecular weight is 1020 g/mol. The first-order valence-electron chi connectivity index (χ1n) is 24.5. The second kappa shape index (κ2) is 31.4.